The maximum Gasteiger partial charge on any atom is -0.00575 e. The Morgan fingerprint density at radius 3 is 1.88 bits per heavy atom. The van der Waals surface area contributed by atoms with Gasteiger partial charge in [0.25, 0.3) is 0 Å². The van der Waals surface area contributed by atoms with Crippen molar-refractivity contribution in [3.05, 3.63) is 106 Å². The SMILES string of the molecule is CCC(CC1=C(C)Cc2ccc3ccccc3c21)C1=C(C)Cc2ccc3ccccc3c21. The molecule has 0 nitrogen and oxygen atoms in total. The third-order valence-electron chi connectivity index (χ3n) is 7.84. The second-order valence-electron chi connectivity index (χ2n) is 9.76. The van der Waals surface area contributed by atoms with Gasteiger partial charge in [-0.3, -0.25) is 0 Å². The molecule has 0 N–H and O–H groups in total. The topological polar surface area (TPSA) is 0 Å². The van der Waals surface area contributed by atoms with Crippen LogP contribution in [0.2, 0.25) is 0 Å². The molecule has 1 unspecified atom stereocenters. The van der Waals surface area contributed by atoms with Gasteiger partial charge in [-0.05, 0) is 100 Å². The predicted octanol–water partition coefficient (Wildman–Crippen LogP) is 8.77. The molecule has 4 aromatic rings. The van der Waals surface area contributed by atoms with Gasteiger partial charge in [-0.25, -0.2) is 0 Å². The Hall–Kier alpha value is -3.12. The molecular formula is C32H30. The highest BCUT2D eigenvalue weighted by molar-refractivity contribution is 6.00. The Bertz CT molecular complexity index is 1440. The molecule has 0 fully saturated rings. The van der Waals surface area contributed by atoms with Gasteiger partial charge in [-0.2, -0.15) is 0 Å². The molecule has 4 aromatic carbocycles. The smallest absolute Gasteiger partial charge is 0.00575 e. The van der Waals surface area contributed by atoms with E-state index in [0.29, 0.717) is 5.92 Å². The molecule has 0 saturated heterocycles. The van der Waals surface area contributed by atoms with Crippen LogP contribution in [0, 0.1) is 5.92 Å². The van der Waals surface area contributed by atoms with E-state index in [1.807, 2.05) is 0 Å². The minimum Gasteiger partial charge on any atom is -0.0651 e. The Morgan fingerprint density at radius 2 is 1.22 bits per heavy atom. The van der Waals surface area contributed by atoms with Crippen molar-refractivity contribution < 1.29 is 0 Å². The maximum atomic E-state index is 2.38. The van der Waals surface area contributed by atoms with E-state index in [2.05, 4.69) is 93.6 Å². The summed E-state index contributed by atoms with van der Waals surface area (Å²) in [7, 11) is 0. The summed E-state index contributed by atoms with van der Waals surface area (Å²) in [4.78, 5) is 0. The van der Waals surface area contributed by atoms with Gasteiger partial charge in [0, 0.05) is 0 Å². The quantitative estimate of drug-likeness (QED) is 0.313. The van der Waals surface area contributed by atoms with Crippen LogP contribution >= 0.6 is 0 Å². The standard InChI is InChI=1S/C32H30/c1-4-22(30-21(3)18-26-16-14-24-10-6-8-12-28(24)32(26)30)19-29-20(2)17-25-15-13-23-9-5-7-11-27(23)31(25)29/h5-16,22H,4,17-19H2,1-3H3. The Kier molecular flexibility index (Phi) is 4.57. The third kappa shape index (κ3) is 2.89. The number of benzene rings is 4. The lowest BCUT2D eigenvalue weighted by Gasteiger charge is -2.23. The molecule has 158 valence electrons. The largest absolute Gasteiger partial charge is 0.0651 e. The molecule has 0 aromatic heterocycles. The highest BCUT2D eigenvalue weighted by Gasteiger charge is 2.30. The molecule has 0 radical (unpaired) electrons. The maximum absolute atomic E-state index is 2.38. The second-order valence-corrected chi connectivity index (χ2v) is 9.76. The van der Waals surface area contributed by atoms with Crippen LogP contribution in [0.3, 0.4) is 0 Å². The summed E-state index contributed by atoms with van der Waals surface area (Å²) in [6, 6.07) is 27.2. The summed E-state index contributed by atoms with van der Waals surface area (Å²) in [5.74, 6) is 0.553. The van der Waals surface area contributed by atoms with E-state index in [1.54, 1.807) is 22.3 Å². The number of hydrogen-bond acceptors (Lipinski definition) is 0. The normalized spacial score (nSPS) is 16.2. The molecule has 2 aliphatic carbocycles. The van der Waals surface area contributed by atoms with Crippen molar-refractivity contribution in [2.45, 2.75) is 46.5 Å². The lowest BCUT2D eigenvalue weighted by molar-refractivity contribution is 0.663. The summed E-state index contributed by atoms with van der Waals surface area (Å²) in [6.45, 7) is 7.10. The number of rotatable bonds is 4. The van der Waals surface area contributed by atoms with Crippen LogP contribution in [0.5, 0.6) is 0 Å². The highest BCUT2D eigenvalue weighted by atomic mass is 14.3. The molecular weight excluding hydrogens is 384 g/mol. The Morgan fingerprint density at radius 1 is 0.656 bits per heavy atom. The van der Waals surface area contributed by atoms with Gasteiger partial charge in [-0.15, -0.1) is 0 Å². The molecule has 0 saturated carbocycles. The zero-order chi connectivity index (χ0) is 21.8. The van der Waals surface area contributed by atoms with Crippen LogP contribution < -0.4 is 0 Å². The Labute approximate surface area is 191 Å². The average molecular weight is 415 g/mol. The molecule has 32 heavy (non-hydrogen) atoms. The number of fused-ring (bicyclic) bond motifs is 6. The van der Waals surface area contributed by atoms with Crippen LogP contribution in [0.25, 0.3) is 32.7 Å². The van der Waals surface area contributed by atoms with Crippen molar-refractivity contribution in [3.8, 4) is 0 Å². The van der Waals surface area contributed by atoms with Crippen molar-refractivity contribution in [2.75, 3.05) is 0 Å². The molecule has 0 amide bonds. The van der Waals surface area contributed by atoms with Crippen molar-refractivity contribution in [2.24, 2.45) is 5.92 Å². The lowest BCUT2D eigenvalue weighted by Crippen LogP contribution is -2.05. The van der Waals surface area contributed by atoms with Gasteiger partial charge >= 0.3 is 0 Å². The first kappa shape index (κ1) is 19.6. The lowest BCUT2D eigenvalue weighted by atomic mass is 9.81. The summed E-state index contributed by atoms with van der Waals surface area (Å²) in [5.41, 5.74) is 12.4. The fourth-order valence-corrected chi connectivity index (χ4v) is 6.33. The average Bonchev–Trinajstić information content (AvgIpc) is 3.33. The van der Waals surface area contributed by atoms with Crippen LogP contribution in [0.4, 0.5) is 0 Å². The van der Waals surface area contributed by atoms with Crippen molar-refractivity contribution in [1.29, 1.82) is 0 Å². The monoisotopic (exact) mass is 414 g/mol. The van der Waals surface area contributed by atoms with Gasteiger partial charge < -0.3 is 0 Å². The van der Waals surface area contributed by atoms with Gasteiger partial charge in [0.2, 0.25) is 0 Å². The van der Waals surface area contributed by atoms with Crippen molar-refractivity contribution in [3.63, 3.8) is 0 Å². The predicted molar refractivity (Wildman–Crippen MR) is 139 cm³/mol. The van der Waals surface area contributed by atoms with E-state index in [1.165, 1.54) is 50.2 Å². The van der Waals surface area contributed by atoms with Crippen LogP contribution in [0.15, 0.2) is 83.9 Å². The van der Waals surface area contributed by atoms with E-state index in [4.69, 9.17) is 0 Å². The zero-order valence-corrected chi connectivity index (χ0v) is 19.3. The Balaban J connectivity index is 1.47. The van der Waals surface area contributed by atoms with Gasteiger partial charge in [0.05, 0.1) is 0 Å². The van der Waals surface area contributed by atoms with Gasteiger partial charge in [0.1, 0.15) is 0 Å². The molecule has 2 aliphatic rings. The molecule has 0 bridgehead atoms. The number of allylic oxidation sites excluding steroid dienone is 4. The zero-order valence-electron chi connectivity index (χ0n) is 19.3. The van der Waals surface area contributed by atoms with E-state index in [9.17, 15) is 0 Å². The first-order valence-electron chi connectivity index (χ1n) is 12.1. The molecule has 0 heteroatoms. The fourth-order valence-electron chi connectivity index (χ4n) is 6.33. The molecule has 6 rings (SSSR count). The summed E-state index contributed by atoms with van der Waals surface area (Å²) in [5, 5.41) is 5.58. The minimum absolute atomic E-state index is 0.553. The van der Waals surface area contributed by atoms with Gasteiger partial charge in [-0.1, -0.05) is 90.9 Å². The number of hydrogen-bond donors (Lipinski definition) is 0. The van der Waals surface area contributed by atoms with Crippen molar-refractivity contribution in [1.82, 2.24) is 0 Å². The van der Waals surface area contributed by atoms with Crippen LogP contribution in [-0.4, -0.2) is 0 Å². The van der Waals surface area contributed by atoms with E-state index in [0.717, 1.165) is 19.3 Å². The minimum atomic E-state index is 0.553. The second kappa shape index (κ2) is 7.48. The van der Waals surface area contributed by atoms with Crippen LogP contribution in [0.1, 0.15) is 55.9 Å². The molecule has 0 spiro atoms. The van der Waals surface area contributed by atoms with Gasteiger partial charge in [0.15, 0.2) is 0 Å². The van der Waals surface area contributed by atoms with Crippen molar-refractivity contribution >= 4 is 32.7 Å². The summed E-state index contributed by atoms with van der Waals surface area (Å²) >= 11 is 0. The van der Waals surface area contributed by atoms with E-state index < -0.39 is 0 Å². The molecule has 0 aliphatic heterocycles. The molecule has 1 atom stereocenters. The fraction of sp³-hybridized carbons (Fsp3) is 0.250. The first-order chi connectivity index (χ1) is 15.7. The van der Waals surface area contributed by atoms with E-state index in [-0.39, 0.29) is 0 Å². The summed E-state index contributed by atoms with van der Waals surface area (Å²) in [6.07, 6.45) is 4.51. The van der Waals surface area contributed by atoms with Crippen LogP contribution in [-0.2, 0) is 12.8 Å². The molecule has 0 heterocycles. The third-order valence-corrected chi connectivity index (χ3v) is 7.84. The first-order valence-corrected chi connectivity index (χ1v) is 12.1. The highest BCUT2D eigenvalue weighted by Crippen LogP contribution is 2.48. The van der Waals surface area contributed by atoms with E-state index >= 15 is 0 Å². The summed E-state index contributed by atoms with van der Waals surface area (Å²) < 4.78 is 0.